The van der Waals surface area contributed by atoms with Crippen LogP contribution in [0.4, 0.5) is 8.78 Å². The molecule has 0 rings (SSSR count). The number of hydrogen-bond donors (Lipinski definition) is 1. The Morgan fingerprint density at radius 2 is 1.86 bits per heavy atom. The Bertz CT molecular complexity index is 47.0. The van der Waals surface area contributed by atoms with Crippen LogP contribution in [-0.4, -0.2) is 19.5 Å². The van der Waals surface area contributed by atoms with E-state index in [4.69, 9.17) is 0 Å². The lowest BCUT2D eigenvalue weighted by Crippen LogP contribution is -2.28. The number of hydrogen-bond acceptors (Lipinski definition) is 1. The zero-order valence-electron chi connectivity index (χ0n) is 4.41. The van der Waals surface area contributed by atoms with Gasteiger partial charge in [0, 0.05) is 0 Å². The SMILES string of the molecule is CNC(C)C(F)F. The van der Waals surface area contributed by atoms with Gasteiger partial charge >= 0.3 is 0 Å². The highest BCUT2D eigenvalue weighted by Gasteiger charge is 2.09. The minimum absolute atomic E-state index is 0.681. The molecule has 44 valence electrons. The molecule has 0 aliphatic rings. The molecule has 0 aromatic rings. The summed E-state index contributed by atoms with van der Waals surface area (Å²) in [5.41, 5.74) is 0. The molecule has 0 aromatic carbocycles. The van der Waals surface area contributed by atoms with E-state index in [0.29, 0.717) is 0 Å². The minimum Gasteiger partial charge on any atom is -0.312 e. The lowest BCUT2D eigenvalue weighted by atomic mass is 10.4. The van der Waals surface area contributed by atoms with Gasteiger partial charge in [-0.1, -0.05) is 0 Å². The normalized spacial score (nSPS) is 15.0. The fraction of sp³-hybridized carbons (Fsp3) is 1.00. The monoisotopic (exact) mass is 109 g/mol. The van der Waals surface area contributed by atoms with Gasteiger partial charge < -0.3 is 5.32 Å². The third kappa shape index (κ3) is 2.51. The molecule has 0 aliphatic heterocycles. The second kappa shape index (κ2) is 2.91. The average Bonchev–Trinajstić information content (AvgIpc) is 1.65. The van der Waals surface area contributed by atoms with Crippen molar-refractivity contribution in [1.82, 2.24) is 5.32 Å². The molecule has 0 heterocycles. The summed E-state index contributed by atoms with van der Waals surface area (Å²) in [5, 5.41) is 2.41. The Morgan fingerprint density at radius 1 is 1.43 bits per heavy atom. The van der Waals surface area contributed by atoms with Crippen LogP contribution in [0.1, 0.15) is 6.92 Å². The van der Waals surface area contributed by atoms with E-state index in [1.54, 1.807) is 0 Å². The van der Waals surface area contributed by atoms with Crippen LogP contribution in [0, 0.1) is 0 Å². The van der Waals surface area contributed by atoms with Crippen molar-refractivity contribution in [2.75, 3.05) is 7.05 Å². The summed E-state index contributed by atoms with van der Waals surface area (Å²) in [7, 11) is 1.51. The number of alkyl halides is 2. The molecule has 1 N–H and O–H groups in total. The lowest BCUT2D eigenvalue weighted by molar-refractivity contribution is 0.110. The van der Waals surface area contributed by atoms with Crippen molar-refractivity contribution in [2.24, 2.45) is 0 Å². The molecule has 0 bridgehead atoms. The van der Waals surface area contributed by atoms with Gasteiger partial charge in [-0.15, -0.1) is 0 Å². The highest BCUT2D eigenvalue weighted by Crippen LogP contribution is 1.96. The Kier molecular flexibility index (Phi) is 2.83. The molecule has 1 nitrogen and oxygen atoms in total. The van der Waals surface area contributed by atoms with Gasteiger partial charge in [-0.2, -0.15) is 0 Å². The van der Waals surface area contributed by atoms with Crippen molar-refractivity contribution in [3.05, 3.63) is 0 Å². The summed E-state index contributed by atoms with van der Waals surface area (Å²) >= 11 is 0. The molecule has 0 saturated heterocycles. The van der Waals surface area contributed by atoms with E-state index < -0.39 is 12.5 Å². The molecule has 0 fully saturated rings. The van der Waals surface area contributed by atoms with Gasteiger partial charge in [0.1, 0.15) is 0 Å². The predicted octanol–water partition coefficient (Wildman–Crippen LogP) is 0.859. The van der Waals surface area contributed by atoms with Crippen LogP contribution in [0.25, 0.3) is 0 Å². The van der Waals surface area contributed by atoms with Crippen LogP contribution < -0.4 is 5.32 Å². The molecule has 0 amide bonds. The molecule has 3 heteroatoms. The number of nitrogens with one attached hydrogen (secondary N) is 1. The molecule has 0 saturated carbocycles. The second-order valence-corrected chi connectivity index (χ2v) is 1.41. The van der Waals surface area contributed by atoms with E-state index in [9.17, 15) is 8.78 Å². The lowest BCUT2D eigenvalue weighted by Gasteiger charge is -2.05. The van der Waals surface area contributed by atoms with Gasteiger partial charge in [0.05, 0.1) is 6.04 Å². The standard InChI is InChI=1S/C4H9F2N/c1-3(7-2)4(5)6/h3-4,7H,1-2H3. The topological polar surface area (TPSA) is 12.0 Å². The molecule has 1 atom stereocenters. The molecule has 0 radical (unpaired) electrons. The van der Waals surface area contributed by atoms with Gasteiger partial charge in [0.2, 0.25) is 0 Å². The predicted molar refractivity (Wildman–Crippen MR) is 24.5 cm³/mol. The van der Waals surface area contributed by atoms with Crippen molar-refractivity contribution < 1.29 is 8.78 Å². The summed E-state index contributed by atoms with van der Waals surface area (Å²) in [6.45, 7) is 1.44. The zero-order valence-corrected chi connectivity index (χ0v) is 4.41. The first-order chi connectivity index (χ1) is 3.18. The van der Waals surface area contributed by atoms with E-state index >= 15 is 0 Å². The highest BCUT2D eigenvalue weighted by molar-refractivity contribution is 4.56. The summed E-state index contributed by atoms with van der Waals surface area (Å²) in [6.07, 6.45) is -2.25. The fourth-order valence-electron chi connectivity index (χ4n) is 0.126. The number of halogens is 2. The van der Waals surface area contributed by atoms with Gasteiger partial charge in [0.15, 0.2) is 0 Å². The van der Waals surface area contributed by atoms with Crippen molar-refractivity contribution in [1.29, 1.82) is 0 Å². The largest absolute Gasteiger partial charge is 0.312 e. The van der Waals surface area contributed by atoms with E-state index in [1.165, 1.54) is 14.0 Å². The maximum absolute atomic E-state index is 11.4. The van der Waals surface area contributed by atoms with E-state index in [-0.39, 0.29) is 0 Å². The van der Waals surface area contributed by atoms with E-state index in [1.807, 2.05) is 0 Å². The Labute approximate surface area is 41.7 Å². The van der Waals surface area contributed by atoms with Gasteiger partial charge in [-0.3, -0.25) is 0 Å². The smallest absolute Gasteiger partial charge is 0.253 e. The van der Waals surface area contributed by atoms with Crippen LogP contribution in [-0.2, 0) is 0 Å². The third-order valence-corrected chi connectivity index (χ3v) is 0.833. The van der Waals surface area contributed by atoms with Gasteiger partial charge in [-0.25, -0.2) is 8.78 Å². The summed E-state index contributed by atoms with van der Waals surface area (Å²) in [4.78, 5) is 0. The van der Waals surface area contributed by atoms with Crippen LogP contribution in [0.3, 0.4) is 0 Å². The molecule has 1 unspecified atom stereocenters. The van der Waals surface area contributed by atoms with Crippen molar-refractivity contribution >= 4 is 0 Å². The van der Waals surface area contributed by atoms with Gasteiger partial charge in [0.25, 0.3) is 6.43 Å². The van der Waals surface area contributed by atoms with E-state index in [0.717, 1.165) is 0 Å². The minimum atomic E-state index is -2.25. The maximum atomic E-state index is 11.4. The Hall–Kier alpha value is -0.180. The zero-order chi connectivity index (χ0) is 5.86. The van der Waals surface area contributed by atoms with Crippen LogP contribution in [0.5, 0.6) is 0 Å². The number of rotatable bonds is 2. The third-order valence-electron chi connectivity index (χ3n) is 0.833. The molecule has 0 aromatic heterocycles. The second-order valence-electron chi connectivity index (χ2n) is 1.41. The van der Waals surface area contributed by atoms with Crippen LogP contribution in [0.15, 0.2) is 0 Å². The summed E-state index contributed by atoms with van der Waals surface area (Å²) in [5.74, 6) is 0. The first-order valence-corrected chi connectivity index (χ1v) is 2.14. The molecule has 0 spiro atoms. The van der Waals surface area contributed by atoms with Crippen molar-refractivity contribution in [3.63, 3.8) is 0 Å². The molecular formula is C4H9F2N. The van der Waals surface area contributed by atoms with Crippen LogP contribution in [0.2, 0.25) is 0 Å². The first kappa shape index (κ1) is 6.82. The first-order valence-electron chi connectivity index (χ1n) is 2.14. The van der Waals surface area contributed by atoms with Crippen molar-refractivity contribution in [2.45, 2.75) is 19.4 Å². The Morgan fingerprint density at radius 3 is 1.86 bits per heavy atom. The van der Waals surface area contributed by atoms with Crippen molar-refractivity contribution in [3.8, 4) is 0 Å². The van der Waals surface area contributed by atoms with Gasteiger partial charge in [-0.05, 0) is 14.0 Å². The summed E-state index contributed by atoms with van der Waals surface area (Å²) < 4.78 is 22.7. The fourth-order valence-corrected chi connectivity index (χ4v) is 0.126. The summed E-state index contributed by atoms with van der Waals surface area (Å²) in [6, 6.07) is -0.681. The maximum Gasteiger partial charge on any atom is 0.253 e. The van der Waals surface area contributed by atoms with E-state index in [2.05, 4.69) is 5.32 Å². The average molecular weight is 109 g/mol. The quantitative estimate of drug-likeness (QED) is 0.554. The highest BCUT2D eigenvalue weighted by atomic mass is 19.3. The Balaban J connectivity index is 3.14. The van der Waals surface area contributed by atoms with Crippen LogP contribution >= 0.6 is 0 Å². The molecule has 7 heavy (non-hydrogen) atoms. The molecular weight excluding hydrogens is 100 g/mol. The molecule has 0 aliphatic carbocycles.